The molecule has 0 spiro atoms. The van der Waals surface area contributed by atoms with E-state index in [1.54, 1.807) is 0 Å². The molecule has 0 bridgehead atoms. The SMILES string of the molecule is CC(C)N(Cc1cc(C#CCN)cs1)CC1CC1. The maximum absolute atomic E-state index is 5.39. The molecule has 2 N–H and O–H groups in total. The molecule has 0 unspecified atom stereocenters. The summed E-state index contributed by atoms with van der Waals surface area (Å²) in [6.07, 6.45) is 2.84. The second kappa shape index (κ2) is 6.38. The van der Waals surface area contributed by atoms with Crippen molar-refractivity contribution in [2.75, 3.05) is 13.1 Å². The van der Waals surface area contributed by atoms with Gasteiger partial charge in [-0.05, 0) is 38.7 Å². The Morgan fingerprint density at radius 1 is 1.50 bits per heavy atom. The second-order valence-corrected chi connectivity index (χ2v) is 6.27. The van der Waals surface area contributed by atoms with E-state index in [-0.39, 0.29) is 0 Å². The van der Waals surface area contributed by atoms with Gasteiger partial charge in [0.05, 0.1) is 6.54 Å². The van der Waals surface area contributed by atoms with Gasteiger partial charge in [0.25, 0.3) is 0 Å². The first-order chi connectivity index (χ1) is 8.69. The predicted octanol–water partition coefficient (Wildman–Crippen LogP) is 2.68. The highest BCUT2D eigenvalue weighted by Crippen LogP contribution is 2.31. The minimum Gasteiger partial charge on any atom is -0.320 e. The zero-order valence-electron chi connectivity index (χ0n) is 11.3. The average molecular weight is 262 g/mol. The van der Waals surface area contributed by atoms with Crippen molar-refractivity contribution >= 4 is 11.3 Å². The van der Waals surface area contributed by atoms with Crippen LogP contribution in [0.5, 0.6) is 0 Å². The molecule has 98 valence electrons. The quantitative estimate of drug-likeness (QED) is 0.827. The minimum atomic E-state index is 0.435. The normalized spacial score (nSPS) is 14.9. The molecular formula is C15H22N2S. The van der Waals surface area contributed by atoms with Gasteiger partial charge in [-0.3, -0.25) is 4.90 Å². The van der Waals surface area contributed by atoms with E-state index in [2.05, 4.69) is 42.0 Å². The highest BCUT2D eigenvalue weighted by molar-refractivity contribution is 7.10. The molecule has 2 rings (SSSR count). The van der Waals surface area contributed by atoms with Crippen LogP contribution in [0.2, 0.25) is 0 Å². The number of hydrogen-bond acceptors (Lipinski definition) is 3. The van der Waals surface area contributed by atoms with Gasteiger partial charge in [0.2, 0.25) is 0 Å². The number of nitrogens with two attached hydrogens (primary N) is 1. The molecule has 1 aromatic rings. The summed E-state index contributed by atoms with van der Waals surface area (Å²) in [6.45, 7) is 7.31. The molecule has 18 heavy (non-hydrogen) atoms. The molecule has 0 radical (unpaired) electrons. The molecule has 0 aromatic carbocycles. The Morgan fingerprint density at radius 2 is 2.28 bits per heavy atom. The third-order valence-electron chi connectivity index (χ3n) is 3.27. The summed E-state index contributed by atoms with van der Waals surface area (Å²) in [5.41, 5.74) is 6.49. The van der Waals surface area contributed by atoms with Crippen LogP contribution in [0.4, 0.5) is 0 Å². The van der Waals surface area contributed by atoms with Crippen LogP contribution < -0.4 is 5.73 Å². The van der Waals surface area contributed by atoms with Crippen LogP contribution in [0.25, 0.3) is 0 Å². The first-order valence-corrected chi connectivity index (χ1v) is 7.57. The Labute approximate surface area is 114 Å². The van der Waals surface area contributed by atoms with E-state index >= 15 is 0 Å². The van der Waals surface area contributed by atoms with Crippen molar-refractivity contribution in [3.63, 3.8) is 0 Å². The highest BCUT2D eigenvalue weighted by atomic mass is 32.1. The molecule has 0 aliphatic heterocycles. The Balaban J connectivity index is 1.95. The first-order valence-electron chi connectivity index (χ1n) is 6.69. The van der Waals surface area contributed by atoms with Crippen LogP contribution in [0.15, 0.2) is 11.4 Å². The van der Waals surface area contributed by atoms with Gasteiger partial charge >= 0.3 is 0 Å². The van der Waals surface area contributed by atoms with Gasteiger partial charge < -0.3 is 5.73 Å². The maximum atomic E-state index is 5.39. The fourth-order valence-corrected chi connectivity index (χ4v) is 2.81. The lowest BCUT2D eigenvalue weighted by Gasteiger charge is -2.25. The van der Waals surface area contributed by atoms with Crippen molar-refractivity contribution in [3.05, 3.63) is 21.9 Å². The number of thiophene rings is 1. The summed E-state index contributed by atoms with van der Waals surface area (Å²) in [5, 5.41) is 2.13. The zero-order valence-corrected chi connectivity index (χ0v) is 12.1. The van der Waals surface area contributed by atoms with Crippen molar-refractivity contribution in [3.8, 4) is 11.8 Å². The van der Waals surface area contributed by atoms with Gasteiger partial charge in [-0.25, -0.2) is 0 Å². The van der Waals surface area contributed by atoms with E-state index in [1.807, 2.05) is 11.3 Å². The van der Waals surface area contributed by atoms with E-state index in [9.17, 15) is 0 Å². The lowest BCUT2D eigenvalue weighted by Crippen LogP contribution is -2.31. The molecule has 1 aliphatic rings. The van der Waals surface area contributed by atoms with Gasteiger partial charge in [-0.15, -0.1) is 11.3 Å². The van der Waals surface area contributed by atoms with Crippen LogP contribution >= 0.6 is 11.3 Å². The predicted molar refractivity (Wildman–Crippen MR) is 78.5 cm³/mol. The van der Waals surface area contributed by atoms with Gasteiger partial charge in [0.15, 0.2) is 0 Å². The van der Waals surface area contributed by atoms with Crippen LogP contribution in [-0.4, -0.2) is 24.0 Å². The Hall–Kier alpha value is -0.820. The number of nitrogens with zero attached hydrogens (tertiary/aromatic N) is 1. The van der Waals surface area contributed by atoms with Gasteiger partial charge in [0.1, 0.15) is 0 Å². The fraction of sp³-hybridized carbons (Fsp3) is 0.600. The molecule has 1 aliphatic carbocycles. The largest absolute Gasteiger partial charge is 0.320 e. The first kappa shape index (κ1) is 13.6. The topological polar surface area (TPSA) is 29.3 Å². The van der Waals surface area contributed by atoms with Crippen LogP contribution in [-0.2, 0) is 6.54 Å². The summed E-state index contributed by atoms with van der Waals surface area (Å²) in [7, 11) is 0. The molecule has 0 atom stereocenters. The molecule has 0 saturated heterocycles. The van der Waals surface area contributed by atoms with Crippen LogP contribution in [0.3, 0.4) is 0 Å². The lowest BCUT2D eigenvalue weighted by molar-refractivity contribution is 0.205. The standard InChI is InChI=1S/C15H22N2S/c1-12(2)17(9-13-5-6-13)10-15-8-14(11-18-15)4-3-7-16/h8,11-13H,5-7,9-10,16H2,1-2H3. The van der Waals surface area contributed by atoms with Crippen molar-refractivity contribution in [1.29, 1.82) is 0 Å². The molecule has 0 amide bonds. The van der Waals surface area contributed by atoms with E-state index in [0.717, 1.165) is 18.0 Å². The molecule has 3 heteroatoms. The summed E-state index contributed by atoms with van der Waals surface area (Å²) >= 11 is 1.81. The smallest absolute Gasteiger partial charge is 0.0555 e. The summed E-state index contributed by atoms with van der Waals surface area (Å²) in [4.78, 5) is 3.98. The van der Waals surface area contributed by atoms with E-state index in [1.165, 1.54) is 24.3 Å². The van der Waals surface area contributed by atoms with Crippen LogP contribution in [0, 0.1) is 17.8 Å². The Morgan fingerprint density at radius 3 is 2.89 bits per heavy atom. The van der Waals surface area contributed by atoms with Crippen molar-refractivity contribution in [1.82, 2.24) is 4.90 Å². The molecule has 1 heterocycles. The summed E-state index contributed by atoms with van der Waals surface area (Å²) in [6, 6.07) is 2.82. The molecule has 1 fully saturated rings. The molecular weight excluding hydrogens is 240 g/mol. The number of rotatable bonds is 5. The van der Waals surface area contributed by atoms with Crippen molar-refractivity contribution < 1.29 is 0 Å². The molecule has 1 saturated carbocycles. The van der Waals surface area contributed by atoms with E-state index in [0.29, 0.717) is 12.6 Å². The van der Waals surface area contributed by atoms with Gasteiger partial charge in [-0.1, -0.05) is 11.8 Å². The highest BCUT2D eigenvalue weighted by Gasteiger charge is 2.25. The number of hydrogen-bond donors (Lipinski definition) is 1. The van der Waals surface area contributed by atoms with E-state index < -0.39 is 0 Å². The van der Waals surface area contributed by atoms with Crippen LogP contribution in [0.1, 0.15) is 37.1 Å². The average Bonchev–Trinajstić information content (AvgIpc) is 3.04. The molecule has 2 nitrogen and oxygen atoms in total. The fourth-order valence-electron chi connectivity index (χ4n) is 1.97. The Kier molecular flexibility index (Phi) is 4.82. The Bertz CT molecular complexity index is 435. The second-order valence-electron chi connectivity index (χ2n) is 5.27. The minimum absolute atomic E-state index is 0.435. The monoisotopic (exact) mass is 262 g/mol. The summed E-state index contributed by atoms with van der Waals surface area (Å²) in [5.74, 6) is 6.95. The van der Waals surface area contributed by atoms with Gasteiger partial charge in [-0.2, -0.15) is 0 Å². The third kappa shape index (κ3) is 4.13. The van der Waals surface area contributed by atoms with E-state index in [4.69, 9.17) is 5.73 Å². The lowest BCUT2D eigenvalue weighted by atomic mass is 10.2. The maximum Gasteiger partial charge on any atom is 0.0555 e. The third-order valence-corrected chi connectivity index (χ3v) is 4.19. The van der Waals surface area contributed by atoms with Gasteiger partial charge in [0, 0.05) is 35.0 Å². The van der Waals surface area contributed by atoms with Crippen molar-refractivity contribution in [2.24, 2.45) is 11.7 Å². The van der Waals surface area contributed by atoms with Crippen molar-refractivity contribution in [2.45, 2.75) is 39.3 Å². The summed E-state index contributed by atoms with van der Waals surface area (Å²) < 4.78 is 0. The zero-order chi connectivity index (χ0) is 13.0. The molecule has 1 aromatic heterocycles.